The van der Waals surface area contributed by atoms with Gasteiger partial charge in [-0.15, -0.1) is 35.7 Å². The van der Waals surface area contributed by atoms with Crippen molar-refractivity contribution in [3.63, 3.8) is 0 Å². The molecule has 0 atom stereocenters. The maximum absolute atomic E-state index is 9.13. The number of aromatic nitrogens is 3. The Morgan fingerprint density at radius 3 is 1.56 bits per heavy atom. The first-order valence-corrected chi connectivity index (χ1v) is 29.4. The second-order valence-corrected chi connectivity index (χ2v) is 27.2. The standard InChI is InChI=1S/C80H77N4O.Pt/c1-76(2,3)52-38-39-81-72(46-52)84-69-32-21-20-30-65(69)66-35-34-59(48-71(66)84)85-58-25-22-24-57(47-58)82-49-83-74-67(31-23-33-70(74)82)63-28-18-16-26-61(63)62-27-17-19-29-64(62)68-37-36-60(50-40-53(77(4,5)6)44-54(41-50)78(7,8)9)73(75(68)83)51-42-55(79(10,11)12)45-56(43-51)80(13,14)15;/h16-46,49H,1-15H3;/q-3;/i10D3,11D3,12D3;. The fourth-order valence-corrected chi connectivity index (χ4v) is 12.3. The molecule has 0 amide bonds. The Morgan fingerprint density at radius 1 is 0.442 bits per heavy atom. The normalized spacial score (nSPS) is 15.0. The molecule has 12 aromatic rings. The molecule has 1 aliphatic heterocycles. The van der Waals surface area contributed by atoms with E-state index in [0.29, 0.717) is 39.4 Å². The maximum Gasteiger partial charge on any atom is 0.135 e. The van der Waals surface area contributed by atoms with E-state index in [1.807, 2.05) is 81.6 Å². The Morgan fingerprint density at radius 2 is 0.953 bits per heavy atom. The van der Waals surface area contributed by atoms with E-state index >= 15 is 0 Å². The molecular weight excluding hydrogens is 1230 g/mol. The molecule has 0 saturated heterocycles. The number of rotatable bonds is 6. The van der Waals surface area contributed by atoms with Gasteiger partial charge in [-0.05, 0) is 157 Å². The van der Waals surface area contributed by atoms with E-state index in [1.165, 1.54) is 6.07 Å². The van der Waals surface area contributed by atoms with Crippen molar-refractivity contribution in [2.75, 3.05) is 4.90 Å². The summed E-state index contributed by atoms with van der Waals surface area (Å²) in [6, 6.07) is 68.8. The number of nitrogens with zero attached hydrogens (tertiary/aromatic N) is 4. The molecule has 0 spiro atoms. The molecule has 3 aromatic heterocycles. The summed E-state index contributed by atoms with van der Waals surface area (Å²) in [6.45, 7) is 17.1. The summed E-state index contributed by atoms with van der Waals surface area (Å²) < 4.78 is 93.4. The smallest absolute Gasteiger partial charge is 0.135 e. The van der Waals surface area contributed by atoms with Crippen LogP contribution in [-0.4, -0.2) is 14.1 Å². The van der Waals surface area contributed by atoms with Gasteiger partial charge in [-0.2, -0.15) is 12.1 Å². The van der Waals surface area contributed by atoms with Crippen molar-refractivity contribution in [3.8, 4) is 39.6 Å². The Kier molecular flexibility index (Phi) is 11.8. The monoisotopic (exact) mass is 1310 g/mol. The van der Waals surface area contributed by atoms with Crippen LogP contribution >= 0.6 is 0 Å². The number of hydrogen-bond acceptors (Lipinski definition) is 3. The quantitative estimate of drug-likeness (QED) is 0.156. The van der Waals surface area contributed by atoms with Crippen molar-refractivity contribution in [3.05, 3.63) is 235 Å². The van der Waals surface area contributed by atoms with E-state index in [0.717, 1.165) is 99.0 Å². The predicted molar refractivity (Wildman–Crippen MR) is 361 cm³/mol. The summed E-state index contributed by atoms with van der Waals surface area (Å²) in [5.41, 5.74) is 6.29. The molecule has 6 heteroatoms. The zero-order valence-electron chi connectivity index (χ0n) is 60.0. The summed E-state index contributed by atoms with van der Waals surface area (Å²) in [5, 5.41) is 7.65. The third-order valence-corrected chi connectivity index (χ3v) is 17.0. The van der Waals surface area contributed by atoms with Crippen molar-refractivity contribution in [2.45, 2.75) is 131 Å². The van der Waals surface area contributed by atoms with Crippen LogP contribution in [0.1, 0.15) is 144 Å². The molecule has 436 valence electrons. The van der Waals surface area contributed by atoms with Crippen molar-refractivity contribution in [2.24, 2.45) is 0 Å². The Hall–Kier alpha value is -8.11. The van der Waals surface area contributed by atoms with Crippen LogP contribution < -0.4 is 9.64 Å². The zero-order chi connectivity index (χ0) is 67.2. The van der Waals surface area contributed by atoms with E-state index in [4.69, 9.17) is 22.1 Å². The van der Waals surface area contributed by atoms with Crippen molar-refractivity contribution in [1.82, 2.24) is 14.1 Å². The van der Waals surface area contributed by atoms with Gasteiger partial charge in [0.2, 0.25) is 0 Å². The van der Waals surface area contributed by atoms with E-state index in [9.17, 15) is 0 Å². The minimum Gasteiger partial charge on any atom is -0.509 e. The summed E-state index contributed by atoms with van der Waals surface area (Å²) in [4.78, 5) is 7.01. The topological polar surface area (TPSA) is 35.2 Å². The molecule has 0 N–H and O–H groups in total. The average molecular weight is 1310 g/mol. The number of pyridine rings is 1. The number of fused-ring (bicyclic) bond motifs is 10. The summed E-state index contributed by atoms with van der Waals surface area (Å²) in [6.07, 6.45) is 1.86. The first-order chi connectivity index (χ1) is 44.0. The van der Waals surface area contributed by atoms with Gasteiger partial charge in [-0.25, -0.2) is 4.98 Å². The fourth-order valence-electron chi connectivity index (χ4n) is 12.3. The molecule has 0 saturated carbocycles. The maximum atomic E-state index is 9.13. The summed E-state index contributed by atoms with van der Waals surface area (Å²) in [5.74, 6) is 1.70. The van der Waals surface area contributed by atoms with Gasteiger partial charge in [0.15, 0.2) is 0 Å². The van der Waals surface area contributed by atoms with E-state index in [2.05, 4.69) is 210 Å². The van der Waals surface area contributed by atoms with Gasteiger partial charge < -0.3 is 18.8 Å². The summed E-state index contributed by atoms with van der Waals surface area (Å²) in [7, 11) is 0. The molecule has 13 rings (SSSR count). The number of hydrogen-bond donors (Lipinski definition) is 0. The number of anilines is 2. The Balaban J connectivity index is 0.00000864. The number of para-hydroxylation sites is 2. The number of ether oxygens (including phenoxy) is 1. The van der Waals surface area contributed by atoms with Crippen molar-refractivity contribution >= 4 is 76.5 Å². The third kappa shape index (κ3) is 10.3. The first-order valence-electron chi connectivity index (χ1n) is 33.9. The van der Waals surface area contributed by atoms with E-state index in [1.54, 1.807) is 6.07 Å². The molecule has 9 aromatic carbocycles. The van der Waals surface area contributed by atoms with Crippen LogP contribution in [0.2, 0.25) is 0 Å². The van der Waals surface area contributed by atoms with E-state index in [-0.39, 0.29) is 42.9 Å². The molecule has 0 bridgehead atoms. The second-order valence-electron chi connectivity index (χ2n) is 27.2. The third-order valence-electron chi connectivity index (χ3n) is 17.0. The van der Waals surface area contributed by atoms with Crippen LogP contribution in [0.5, 0.6) is 11.5 Å². The van der Waals surface area contributed by atoms with Gasteiger partial charge >= 0.3 is 0 Å². The predicted octanol–water partition coefficient (Wildman–Crippen LogP) is 22.0. The van der Waals surface area contributed by atoms with Crippen molar-refractivity contribution < 1.29 is 38.1 Å². The second kappa shape index (κ2) is 21.1. The minimum absolute atomic E-state index is 0. The van der Waals surface area contributed by atoms with E-state index < -0.39 is 31.4 Å². The largest absolute Gasteiger partial charge is 0.509 e. The zero-order valence-corrected chi connectivity index (χ0v) is 53.3. The SMILES string of the molecule is [2H]C([2H])([2H])C(c1cc(-c2c(-c3cc(C(C)(C)C)cc(C(C)(C)C)c3)ccc3c4ccccc4c4ccccc4c4cccc5c4n(c23)[CH-]N5c2[c-]c(Oc3[c-]c4c(cc3)c3ccccc3n4-c3cc(C(C)(C)C)ccn3)ccc2)cc(C(C)(C)C)c1)(C([2H])([2H])[2H])C([2H])([2H])[2H].[Pt]. The molecule has 86 heavy (non-hydrogen) atoms. The molecule has 1 aliphatic rings. The van der Waals surface area contributed by atoms with Gasteiger partial charge in [0.25, 0.3) is 0 Å². The van der Waals surface area contributed by atoms with Crippen LogP contribution in [-0.2, 0) is 48.1 Å². The molecule has 0 radical (unpaired) electrons. The van der Waals surface area contributed by atoms with Gasteiger partial charge in [0.1, 0.15) is 5.82 Å². The van der Waals surface area contributed by atoms with Crippen LogP contribution in [0.3, 0.4) is 0 Å². The molecule has 0 unspecified atom stereocenters. The minimum atomic E-state index is -3.54. The van der Waals surface area contributed by atoms with Crippen LogP contribution in [0.4, 0.5) is 11.4 Å². The molecule has 5 nitrogen and oxygen atoms in total. The van der Waals surface area contributed by atoms with Crippen molar-refractivity contribution in [1.29, 1.82) is 0 Å². The van der Waals surface area contributed by atoms with Crippen LogP contribution in [0, 0.1) is 18.8 Å². The molecular formula is C80H77N4OPt-3. The van der Waals surface area contributed by atoms with Gasteiger partial charge in [-0.3, -0.25) is 0 Å². The Labute approximate surface area is 535 Å². The van der Waals surface area contributed by atoms with Gasteiger partial charge in [0.05, 0.1) is 0 Å². The number of benzene rings is 9. The van der Waals surface area contributed by atoms with Crippen LogP contribution in [0.15, 0.2) is 188 Å². The van der Waals surface area contributed by atoms with Crippen LogP contribution in [0.25, 0.3) is 93.2 Å². The first kappa shape index (κ1) is 48.1. The average Bonchev–Trinajstić information content (AvgIpc) is 1.59. The molecule has 0 aliphatic carbocycles. The summed E-state index contributed by atoms with van der Waals surface area (Å²) >= 11 is 0. The fraction of sp³-hybridized carbons (Fsp3) is 0.250. The molecule has 0 fully saturated rings. The van der Waals surface area contributed by atoms with Gasteiger partial charge in [0, 0.05) is 62.3 Å². The molecule has 4 heterocycles. The Bertz CT molecular complexity index is 5050. The van der Waals surface area contributed by atoms with Gasteiger partial charge in [-0.1, -0.05) is 242 Å².